The molecule has 2 aromatic rings. The Labute approximate surface area is 92.3 Å². The number of anilines is 1. The average Bonchev–Trinajstić information content (AvgIpc) is 2.30. The van der Waals surface area contributed by atoms with Crippen molar-refractivity contribution in [2.75, 3.05) is 5.43 Å². The van der Waals surface area contributed by atoms with Crippen LogP contribution in [0.5, 0.6) is 0 Å². The van der Waals surface area contributed by atoms with Crippen molar-refractivity contribution in [2.24, 2.45) is 5.84 Å². The summed E-state index contributed by atoms with van der Waals surface area (Å²) < 4.78 is 13.1. The van der Waals surface area contributed by atoms with E-state index in [2.05, 4.69) is 15.6 Å². The molecule has 16 heavy (non-hydrogen) atoms. The van der Waals surface area contributed by atoms with Gasteiger partial charge in [-0.15, -0.1) is 5.10 Å². The van der Waals surface area contributed by atoms with Crippen LogP contribution in [0.3, 0.4) is 0 Å². The molecule has 3 N–H and O–H groups in total. The van der Waals surface area contributed by atoms with Crippen molar-refractivity contribution < 1.29 is 4.39 Å². The number of rotatable bonds is 2. The fourth-order valence-electron chi connectivity index (χ4n) is 1.47. The number of nitrogens with one attached hydrogen (secondary N) is 1. The van der Waals surface area contributed by atoms with E-state index >= 15 is 0 Å². The minimum absolute atomic E-state index is 0.282. The maximum atomic E-state index is 13.1. The Morgan fingerprint density at radius 3 is 2.75 bits per heavy atom. The number of hydrogen-bond donors (Lipinski definition) is 2. The summed E-state index contributed by atoms with van der Waals surface area (Å²) in [6, 6.07) is 8.05. The lowest BCUT2D eigenvalue weighted by molar-refractivity contribution is 0.628. The van der Waals surface area contributed by atoms with Gasteiger partial charge < -0.3 is 5.43 Å². The third-order valence-corrected chi connectivity index (χ3v) is 2.26. The Balaban J connectivity index is 2.54. The van der Waals surface area contributed by atoms with E-state index in [1.54, 1.807) is 12.1 Å². The first-order valence-corrected chi connectivity index (χ1v) is 4.77. The summed E-state index contributed by atoms with van der Waals surface area (Å²) >= 11 is 0. The van der Waals surface area contributed by atoms with Crippen molar-refractivity contribution in [3.8, 4) is 11.1 Å². The van der Waals surface area contributed by atoms with Gasteiger partial charge in [0.15, 0.2) is 5.82 Å². The molecule has 0 amide bonds. The molecule has 1 aromatic carbocycles. The summed E-state index contributed by atoms with van der Waals surface area (Å²) in [6.07, 6.45) is 0. The number of aromatic nitrogens is 2. The number of nitrogens with two attached hydrogens (primary N) is 1. The van der Waals surface area contributed by atoms with E-state index in [4.69, 9.17) is 5.84 Å². The van der Waals surface area contributed by atoms with Gasteiger partial charge in [-0.25, -0.2) is 10.2 Å². The summed E-state index contributed by atoms with van der Waals surface area (Å²) in [5, 5.41) is 7.77. The minimum Gasteiger partial charge on any atom is -0.307 e. The highest BCUT2D eigenvalue weighted by Crippen LogP contribution is 2.23. The third kappa shape index (κ3) is 1.99. The van der Waals surface area contributed by atoms with Crippen LogP contribution in [0.1, 0.15) is 5.69 Å². The lowest BCUT2D eigenvalue weighted by atomic mass is 10.1. The number of nitrogen functional groups attached to an aromatic ring is 1. The molecule has 0 aliphatic heterocycles. The van der Waals surface area contributed by atoms with Crippen LogP contribution in [0.2, 0.25) is 0 Å². The fourth-order valence-corrected chi connectivity index (χ4v) is 1.47. The second-order valence-electron chi connectivity index (χ2n) is 3.38. The smallest absolute Gasteiger partial charge is 0.163 e. The van der Waals surface area contributed by atoms with Crippen molar-refractivity contribution >= 4 is 5.82 Å². The van der Waals surface area contributed by atoms with Gasteiger partial charge in [0, 0.05) is 5.56 Å². The van der Waals surface area contributed by atoms with E-state index < -0.39 is 0 Å². The first-order chi connectivity index (χ1) is 7.70. The molecule has 2 rings (SSSR count). The number of aryl methyl sites for hydroxylation is 1. The molecule has 0 saturated carbocycles. The summed E-state index contributed by atoms with van der Waals surface area (Å²) in [5.41, 5.74) is 4.70. The minimum atomic E-state index is -0.282. The van der Waals surface area contributed by atoms with Crippen LogP contribution in [0.15, 0.2) is 30.3 Å². The van der Waals surface area contributed by atoms with Crippen molar-refractivity contribution in [3.05, 3.63) is 41.8 Å². The van der Waals surface area contributed by atoms with Gasteiger partial charge >= 0.3 is 0 Å². The van der Waals surface area contributed by atoms with Crippen LogP contribution >= 0.6 is 0 Å². The second kappa shape index (κ2) is 4.24. The van der Waals surface area contributed by atoms with Crippen molar-refractivity contribution in [2.45, 2.75) is 6.92 Å². The summed E-state index contributed by atoms with van der Waals surface area (Å²) in [5.74, 6) is 5.42. The molecule has 0 bridgehead atoms. The monoisotopic (exact) mass is 218 g/mol. The third-order valence-electron chi connectivity index (χ3n) is 2.26. The van der Waals surface area contributed by atoms with Gasteiger partial charge in [0.05, 0.1) is 5.69 Å². The van der Waals surface area contributed by atoms with Gasteiger partial charge in [-0.2, -0.15) is 5.10 Å². The second-order valence-corrected chi connectivity index (χ2v) is 3.38. The van der Waals surface area contributed by atoms with Crippen LogP contribution in [0.4, 0.5) is 10.2 Å². The number of halogens is 1. The molecule has 0 fully saturated rings. The lowest BCUT2D eigenvalue weighted by Gasteiger charge is -2.06. The van der Waals surface area contributed by atoms with Crippen LogP contribution in [-0.4, -0.2) is 10.2 Å². The molecule has 0 unspecified atom stereocenters. The highest BCUT2D eigenvalue weighted by molar-refractivity contribution is 5.68. The van der Waals surface area contributed by atoms with Crippen LogP contribution < -0.4 is 11.3 Å². The van der Waals surface area contributed by atoms with Crippen molar-refractivity contribution in [1.29, 1.82) is 0 Å². The van der Waals surface area contributed by atoms with Crippen LogP contribution in [0, 0.1) is 12.7 Å². The van der Waals surface area contributed by atoms with Gasteiger partial charge in [0.1, 0.15) is 5.82 Å². The zero-order valence-corrected chi connectivity index (χ0v) is 8.74. The molecular weight excluding hydrogens is 207 g/mol. The van der Waals surface area contributed by atoms with Gasteiger partial charge in [-0.05, 0) is 30.7 Å². The first kappa shape index (κ1) is 10.5. The Morgan fingerprint density at radius 1 is 1.25 bits per heavy atom. The average molecular weight is 218 g/mol. The molecule has 0 aliphatic carbocycles. The molecule has 0 radical (unpaired) electrons. The summed E-state index contributed by atoms with van der Waals surface area (Å²) in [6.45, 7) is 1.81. The number of nitrogens with zero attached hydrogens (tertiary/aromatic N) is 2. The van der Waals surface area contributed by atoms with Crippen LogP contribution in [0.25, 0.3) is 11.1 Å². The highest BCUT2D eigenvalue weighted by Gasteiger charge is 2.06. The van der Waals surface area contributed by atoms with E-state index in [-0.39, 0.29) is 5.82 Å². The lowest BCUT2D eigenvalue weighted by Crippen LogP contribution is -2.09. The van der Waals surface area contributed by atoms with E-state index in [0.29, 0.717) is 5.82 Å². The number of hydrazine groups is 1. The van der Waals surface area contributed by atoms with Gasteiger partial charge in [-0.1, -0.05) is 12.1 Å². The highest BCUT2D eigenvalue weighted by atomic mass is 19.1. The number of benzene rings is 1. The molecule has 0 atom stereocenters. The van der Waals surface area contributed by atoms with Crippen molar-refractivity contribution in [1.82, 2.24) is 10.2 Å². The zero-order chi connectivity index (χ0) is 11.5. The summed E-state index contributed by atoms with van der Waals surface area (Å²) in [4.78, 5) is 0. The Bertz CT molecular complexity index is 513. The standard InChI is InChI=1S/C11H11FN4/c1-7-10(6-11(14-13)16-15-7)8-3-2-4-9(12)5-8/h2-6H,13H2,1H3,(H,14,16). The SMILES string of the molecule is Cc1nnc(NN)cc1-c1cccc(F)c1. The largest absolute Gasteiger partial charge is 0.307 e. The molecular formula is C11H11FN4. The topological polar surface area (TPSA) is 63.8 Å². The first-order valence-electron chi connectivity index (χ1n) is 4.77. The molecule has 0 aliphatic rings. The Kier molecular flexibility index (Phi) is 2.78. The van der Waals surface area contributed by atoms with Crippen molar-refractivity contribution in [3.63, 3.8) is 0 Å². The van der Waals surface area contributed by atoms with Gasteiger partial charge in [0.25, 0.3) is 0 Å². The van der Waals surface area contributed by atoms with Gasteiger partial charge in [-0.3, -0.25) is 0 Å². The fraction of sp³-hybridized carbons (Fsp3) is 0.0909. The normalized spacial score (nSPS) is 10.2. The Morgan fingerprint density at radius 2 is 2.06 bits per heavy atom. The molecule has 4 nitrogen and oxygen atoms in total. The molecule has 0 spiro atoms. The van der Waals surface area contributed by atoms with E-state index in [1.165, 1.54) is 12.1 Å². The molecule has 0 saturated heterocycles. The van der Waals surface area contributed by atoms with Gasteiger partial charge in [0.2, 0.25) is 0 Å². The quantitative estimate of drug-likeness (QED) is 0.596. The maximum Gasteiger partial charge on any atom is 0.163 e. The molecule has 82 valence electrons. The molecule has 5 heteroatoms. The predicted molar refractivity (Wildman–Crippen MR) is 60.0 cm³/mol. The molecule has 1 aromatic heterocycles. The maximum absolute atomic E-state index is 13.1. The number of hydrogen-bond acceptors (Lipinski definition) is 4. The molecule has 1 heterocycles. The predicted octanol–water partition coefficient (Wildman–Crippen LogP) is 1.88. The Hall–Kier alpha value is -2.01. The zero-order valence-electron chi connectivity index (χ0n) is 8.74. The summed E-state index contributed by atoms with van der Waals surface area (Å²) in [7, 11) is 0. The van der Waals surface area contributed by atoms with E-state index in [9.17, 15) is 4.39 Å². The van der Waals surface area contributed by atoms with Crippen LogP contribution in [-0.2, 0) is 0 Å². The van der Waals surface area contributed by atoms with E-state index in [1.807, 2.05) is 13.0 Å². The van der Waals surface area contributed by atoms with E-state index in [0.717, 1.165) is 16.8 Å².